The fourth-order valence-electron chi connectivity index (χ4n) is 3.11. The van der Waals surface area contributed by atoms with E-state index in [0.717, 1.165) is 12.1 Å². The second-order valence-electron chi connectivity index (χ2n) is 6.87. The minimum atomic E-state index is -0.139. The van der Waals surface area contributed by atoms with Crippen LogP contribution in [-0.2, 0) is 6.42 Å². The van der Waals surface area contributed by atoms with Crippen LogP contribution in [0.15, 0.2) is 58.5 Å². The molecule has 2 heterocycles. The van der Waals surface area contributed by atoms with Crippen LogP contribution in [0.2, 0.25) is 0 Å². The summed E-state index contributed by atoms with van der Waals surface area (Å²) in [6.07, 6.45) is 3.43. The Kier molecular flexibility index (Phi) is 5.71. The second kappa shape index (κ2) is 8.57. The fraction of sp³-hybridized carbons (Fsp3) is 0.286. The van der Waals surface area contributed by atoms with E-state index in [1.165, 1.54) is 30.2 Å². The number of aryl methyl sites for hydroxylation is 1. The summed E-state index contributed by atoms with van der Waals surface area (Å²) in [6, 6.07) is 15.6. The summed E-state index contributed by atoms with van der Waals surface area (Å²) in [6.45, 7) is 4.17. The Morgan fingerprint density at radius 1 is 1.14 bits per heavy atom. The van der Waals surface area contributed by atoms with Gasteiger partial charge in [0.25, 0.3) is 5.56 Å². The van der Waals surface area contributed by atoms with E-state index in [-0.39, 0.29) is 10.8 Å². The van der Waals surface area contributed by atoms with Gasteiger partial charge in [0.15, 0.2) is 0 Å². The standard InChI is InChI=1S/C21H22N6OS/c1-3-4-7-15-10-12-16(13-11-15)27-21(24-25-26-27)29-14(2)19-22-18-9-6-5-8-17(18)20(28)23-19/h5-6,8-14H,3-4,7H2,1-2H3,(H,22,23,28). The Bertz CT molecular complexity index is 1170. The molecule has 0 saturated heterocycles. The van der Waals surface area contributed by atoms with Crippen molar-refractivity contribution in [2.75, 3.05) is 0 Å². The smallest absolute Gasteiger partial charge is 0.258 e. The molecule has 0 bridgehead atoms. The zero-order valence-corrected chi connectivity index (χ0v) is 17.2. The van der Waals surface area contributed by atoms with Crippen LogP contribution in [0.1, 0.15) is 43.3 Å². The van der Waals surface area contributed by atoms with Crippen molar-refractivity contribution in [1.82, 2.24) is 30.2 Å². The van der Waals surface area contributed by atoms with Gasteiger partial charge in [-0.15, -0.1) is 5.10 Å². The van der Waals surface area contributed by atoms with Crippen molar-refractivity contribution in [2.24, 2.45) is 0 Å². The van der Waals surface area contributed by atoms with Gasteiger partial charge < -0.3 is 4.98 Å². The molecule has 4 aromatic rings. The van der Waals surface area contributed by atoms with Gasteiger partial charge in [0, 0.05) is 0 Å². The predicted molar refractivity (Wildman–Crippen MR) is 114 cm³/mol. The van der Waals surface area contributed by atoms with Crippen molar-refractivity contribution in [3.8, 4) is 5.69 Å². The molecule has 2 aromatic carbocycles. The largest absolute Gasteiger partial charge is 0.309 e. The highest BCUT2D eigenvalue weighted by atomic mass is 32.2. The van der Waals surface area contributed by atoms with E-state index in [2.05, 4.69) is 44.5 Å². The average molecular weight is 407 g/mol. The van der Waals surface area contributed by atoms with Crippen molar-refractivity contribution in [2.45, 2.75) is 43.5 Å². The summed E-state index contributed by atoms with van der Waals surface area (Å²) in [5, 5.41) is 13.2. The topological polar surface area (TPSA) is 89.3 Å². The van der Waals surface area contributed by atoms with Crippen molar-refractivity contribution < 1.29 is 0 Å². The lowest BCUT2D eigenvalue weighted by Gasteiger charge is -2.11. The Morgan fingerprint density at radius 2 is 1.93 bits per heavy atom. The quantitative estimate of drug-likeness (QED) is 0.465. The van der Waals surface area contributed by atoms with Crippen LogP contribution in [-0.4, -0.2) is 30.2 Å². The Hall–Kier alpha value is -3.00. The number of rotatable bonds is 7. The molecular weight excluding hydrogens is 384 g/mol. The highest BCUT2D eigenvalue weighted by molar-refractivity contribution is 7.99. The number of tetrazole rings is 1. The molecule has 0 radical (unpaired) electrons. The Balaban J connectivity index is 1.57. The molecule has 0 aliphatic heterocycles. The molecule has 1 N–H and O–H groups in total. The lowest BCUT2D eigenvalue weighted by molar-refractivity contribution is 0.751. The van der Waals surface area contributed by atoms with E-state index in [1.54, 1.807) is 10.7 Å². The van der Waals surface area contributed by atoms with Crippen LogP contribution in [0.25, 0.3) is 16.6 Å². The van der Waals surface area contributed by atoms with Gasteiger partial charge >= 0.3 is 0 Å². The fourth-order valence-corrected chi connectivity index (χ4v) is 3.98. The molecule has 0 spiro atoms. The molecule has 0 amide bonds. The van der Waals surface area contributed by atoms with E-state index in [1.807, 2.05) is 37.3 Å². The van der Waals surface area contributed by atoms with Crippen molar-refractivity contribution in [3.63, 3.8) is 0 Å². The van der Waals surface area contributed by atoms with Crippen molar-refractivity contribution >= 4 is 22.7 Å². The monoisotopic (exact) mass is 406 g/mol. The maximum Gasteiger partial charge on any atom is 0.258 e. The summed E-state index contributed by atoms with van der Waals surface area (Å²) in [7, 11) is 0. The van der Waals surface area contributed by atoms with Crippen LogP contribution in [0.3, 0.4) is 0 Å². The van der Waals surface area contributed by atoms with Gasteiger partial charge in [0.05, 0.1) is 21.8 Å². The van der Waals surface area contributed by atoms with E-state index in [4.69, 9.17) is 0 Å². The molecule has 0 aliphatic carbocycles. The van der Waals surface area contributed by atoms with Gasteiger partial charge in [-0.2, -0.15) is 4.68 Å². The number of aromatic nitrogens is 6. The zero-order valence-electron chi connectivity index (χ0n) is 16.4. The molecule has 8 heteroatoms. The Morgan fingerprint density at radius 3 is 2.72 bits per heavy atom. The third-order valence-corrected chi connectivity index (χ3v) is 5.78. The molecule has 7 nitrogen and oxygen atoms in total. The first-order valence-corrected chi connectivity index (χ1v) is 10.6. The second-order valence-corrected chi connectivity index (χ2v) is 8.18. The number of nitrogens with zero attached hydrogens (tertiary/aromatic N) is 5. The zero-order chi connectivity index (χ0) is 20.2. The first kappa shape index (κ1) is 19.3. The van der Waals surface area contributed by atoms with E-state index < -0.39 is 0 Å². The highest BCUT2D eigenvalue weighted by Crippen LogP contribution is 2.32. The van der Waals surface area contributed by atoms with Gasteiger partial charge in [-0.3, -0.25) is 4.79 Å². The molecular formula is C21H22N6OS. The van der Waals surface area contributed by atoms with Gasteiger partial charge in [-0.05, 0) is 60.0 Å². The maximum absolute atomic E-state index is 12.4. The number of hydrogen-bond acceptors (Lipinski definition) is 6. The maximum atomic E-state index is 12.4. The summed E-state index contributed by atoms with van der Waals surface area (Å²) in [5.74, 6) is 0.600. The number of unbranched alkanes of at least 4 members (excludes halogenated alkanes) is 1. The number of thioether (sulfide) groups is 1. The molecule has 29 heavy (non-hydrogen) atoms. The third kappa shape index (κ3) is 4.22. The summed E-state index contributed by atoms with van der Waals surface area (Å²) >= 11 is 1.45. The molecule has 0 aliphatic rings. The van der Waals surface area contributed by atoms with E-state index >= 15 is 0 Å². The Labute approximate surface area is 172 Å². The predicted octanol–water partition coefficient (Wildman–Crippen LogP) is 4.09. The van der Waals surface area contributed by atoms with E-state index in [0.29, 0.717) is 21.9 Å². The van der Waals surface area contributed by atoms with Crippen LogP contribution in [0, 0.1) is 0 Å². The number of H-pyrrole nitrogens is 1. The number of nitrogens with one attached hydrogen (secondary N) is 1. The summed E-state index contributed by atoms with van der Waals surface area (Å²) in [4.78, 5) is 19.8. The summed E-state index contributed by atoms with van der Waals surface area (Å²) < 4.78 is 1.71. The number of benzene rings is 2. The van der Waals surface area contributed by atoms with Crippen LogP contribution < -0.4 is 5.56 Å². The number of hydrogen-bond donors (Lipinski definition) is 1. The lowest BCUT2D eigenvalue weighted by atomic mass is 10.1. The van der Waals surface area contributed by atoms with Crippen molar-refractivity contribution in [3.05, 3.63) is 70.3 Å². The number of para-hydroxylation sites is 1. The van der Waals surface area contributed by atoms with Gasteiger partial charge in [0.2, 0.25) is 5.16 Å². The van der Waals surface area contributed by atoms with Crippen LogP contribution in [0.5, 0.6) is 0 Å². The molecule has 148 valence electrons. The summed E-state index contributed by atoms with van der Waals surface area (Å²) in [5.41, 5.74) is 2.76. The van der Waals surface area contributed by atoms with Crippen LogP contribution >= 0.6 is 11.8 Å². The van der Waals surface area contributed by atoms with Gasteiger partial charge in [0.1, 0.15) is 5.82 Å². The molecule has 0 fully saturated rings. The van der Waals surface area contributed by atoms with Gasteiger partial charge in [-0.25, -0.2) is 4.98 Å². The molecule has 1 unspecified atom stereocenters. The third-order valence-electron chi connectivity index (χ3n) is 4.74. The first-order chi connectivity index (χ1) is 14.2. The normalized spacial score (nSPS) is 12.3. The SMILES string of the molecule is CCCCc1ccc(-n2nnnc2SC(C)c2nc3ccccc3c(=O)[nH]2)cc1. The van der Waals surface area contributed by atoms with Gasteiger partial charge in [-0.1, -0.05) is 49.4 Å². The minimum absolute atomic E-state index is 0.124. The number of aromatic amines is 1. The molecule has 2 aromatic heterocycles. The minimum Gasteiger partial charge on any atom is -0.309 e. The molecule has 1 atom stereocenters. The average Bonchev–Trinajstić information content (AvgIpc) is 3.20. The lowest BCUT2D eigenvalue weighted by Crippen LogP contribution is -2.13. The number of fused-ring (bicyclic) bond motifs is 1. The van der Waals surface area contributed by atoms with E-state index in [9.17, 15) is 4.79 Å². The molecule has 4 rings (SSSR count). The highest BCUT2D eigenvalue weighted by Gasteiger charge is 2.17. The molecule has 0 saturated carbocycles. The first-order valence-electron chi connectivity index (χ1n) is 9.69. The van der Waals surface area contributed by atoms with Crippen molar-refractivity contribution in [1.29, 1.82) is 0 Å². The van der Waals surface area contributed by atoms with Crippen LogP contribution in [0.4, 0.5) is 0 Å².